The number of urea groups is 1. The molecule has 1 spiro atoms. The summed E-state index contributed by atoms with van der Waals surface area (Å²) in [5, 5.41) is 3.40. The van der Waals surface area contributed by atoms with E-state index in [0.717, 1.165) is 19.6 Å². The van der Waals surface area contributed by atoms with Crippen LogP contribution in [0.1, 0.15) is 32.1 Å². The maximum absolute atomic E-state index is 12.2. The summed E-state index contributed by atoms with van der Waals surface area (Å²) in [6.45, 7) is 3.06. The fraction of sp³-hybridized carbons (Fsp3) is 0.917. The minimum atomic E-state index is 0.203. The Morgan fingerprint density at radius 3 is 2.69 bits per heavy atom. The van der Waals surface area contributed by atoms with E-state index in [9.17, 15) is 4.79 Å². The van der Waals surface area contributed by atoms with E-state index in [1.807, 2.05) is 11.9 Å². The minimum absolute atomic E-state index is 0.203. The van der Waals surface area contributed by atoms with E-state index in [-0.39, 0.29) is 11.6 Å². The van der Waals surface area contributed by atoms with Crippen LogP contribution in [0.15, 0.2) is 0 Å². The van der Waals surface area contributed by atoms with Gasteiger partial charge < -0.3 is 15.1 Å². The number of nitrogens with one attached hydrogen (secondary N) is 1. The molecule has 2 saturated heterocycles. The van der Waals surface area contributed by atoms with Crippen LogP contribution in [0.2, 0.25) is 0 Å². The topological polar surface area (TPSA) is 35.6 Å². The molecule has 3 fully saturated rings. The third-order valence-electron chi connectivity index (χ3n) is 4.70. The lowest BCUT2D eigenvalue weighted by Gasteiger charge is -2.42. The Balaban J connectivity index is 1.74. The number of hydrogen-bond donors (Lipinski definition) is 1. The molecule has 2 aliphatic heterocycles. The SMILES string of the molecule is CN1C(=O)N(C2CCCNC2)CC12CCC2. The van der Waals surface area contributed by atoms with Gasteiger partial charge in [-0.3, -0.25) is 0 Å². The fourth-order valence-electron chi connectivity index (χ4n) is 3.35. The van der Waals surface area contributed by atoms with Crippen LogP contribution in [0.3, 0.4) is 0 Å². The summed E-state index contributed by atoms with van der Waals surface area (Å²) in [4.78, 5) is 16.4. The van der Waals surface area contributed by atoms with Crippen LogP contribution in [0, 0.1) is 0 Å². The van der Waals surface area contributed by atoms with E-state index in [2.05, 4.69) is 10.2 Å². The van der Waals surface area contributed by atoms with Gasteiger partial charge in [0.1, 0.15) is 0 Å². The molecular formula is C12H21N3O. The van der Waals surface area contributed by atoms with Crippen molar-refractivity contribution in [2.24, 2.45) is 0 Å². The van der Waals surface area contributed by atoms with Crippen LogP contribution in [0.25, 0.3) is 0 Å². The highest BCUT2D eigenvalue weighted by molar-refractivity contribution is 5.78. The van der Waals surface area contributed by atoms with Crippen molar-refractivity contribution < 1.29 is 4.79 Å². The van der Waals surface area contributed by atoms with Crippen LogP contribution in [0.4, 0.5) is 4.79 Å². The van der Waals surface area contributed by atoms with Crippen molar-refractivity contribution in [2.45, 2.75) is 43.7 Å². The van der Waals surface area contributed by atoms with Gasteiger partial charge in [0.25, 0.3) is 0 Å². The average molecular weight is 223 g/mol. The second-order valence-corrected chi connectivity index (χ2v) is 5.55. The number of likely N-dealkylation sites (N-methyl/N-ethyl adjacent to an activating group) is 1. The van der Waals surface area contributed by atoms with E-state index >= 15 is 0 Å². The second-order valence-electron chi connectivity index (χ2n) is 5.55. The van der Waals surface area contributed by atoms with Crippen LogP contribution >= 0.6 is 0 Å². The molecule has 1 aliphatic carbocycles. The summed E-state index contributed by atoms with van der Waals surface area (Å²) in [5.41, 5.74) is 0.203. The molecule has 0 aromatic rings. The zero-order valence-electron chi connectivity index (χ0n) is 10.0. The Hall–Kier alpha value is -0.770. The molecule has 1 saturated carbocycles. The van der Waals surface area contributed by atoms with Crippen LogP contribution < -0.4 is 5.32 Å². The third kappa shape index (κ3) is 1.35. The lowest BCUT2D eigenvalue weighted by molar-refractivity contribution is 0.103. The zero-order chi connectivity index (χ0) is 11.2. The fourth-order valence-corrected chi connectivity index (χ4v) is 3.35. The van der Waals surface area contributed by atoms with Crippen molar-refractivity contribution in [3.8, 4) is 0 Å². The Kier molecular flexibility index (Phi) is 2.35. The largest absolute Gasteiger partial charge is 0.320 e. The molecule has 4 heteroatoms. The number of carbonyl (C=O) groups excluding carboxylic acids is 1. The van der Waals surface area contributed by atoms with Crippen LogP contribution in [-0.2, 0) is 0 Å². The predicted molar refractivity (Wildman–Crippen MR) is 62.3 cm³/mol. The predicted octanol–water partition coefficient (Wildman–Crippen LogP) is 1.03. The molecule has 0 radical (unpaired) electrons. The van der Waals surface area contributed by atoms with Crippen molar-refractivity contribution in [1.82, 2.24) is 15.1 Å². The molecule has 1 N–H and O–H groups in total. The number of nitrogens with zero attached hydrogens (tertiary/aromatic N) is 2. The molecular weight excluding hydrogens is 202 g/mol. The van der Waals surface area contributed by atoms with E-state index in [4.69, 9.17) is 0 Å². The molecule has 1 unspecified atom stereocenters. The maximum atomic E-state index is 12.2. The van der Waals surface area contributed by atoms with Crippen LogP contribution in [-0.4, -0.2) is 54.1 Å². The molecule has 1 atom stereocenters. The summed E-state index contributed by atoms with van der Waals surface area (Å²) >= 11 is 0. The van der Waals surface area contributed by atoms with Crippen molar-refractivity contribution in [2.75, 3.05) is 26.7 Å². The number of hydrogen-bond acceptors (Lipinski definition) is 2. The molecule has 16 heavy (non-hydrogen) atoms. The lowest BCUT2D eigenvalue weighted by Crippen LogP contribution is -2.50. The van der Waals surface area contributed by atoms with Crippen molar-refractivity contribution in [3.63, 3.8) is 0 Å². The molecule has 0 bridgehead atoms. The van der Waals surface area contributed by atoms with Gasteiger partial charge in [0, 0.05) is 26.2 Å². The van der Waals surface area contributed by atoms with E-state index < -0.39 is 0 Å². The van der Waals surface area contributed by atoms with Gasteiger partial charge in [0.05, 0.1) is 5.54 Å². The first-order valence-electron chi connectivity index (χ1n) is 6.48. The van der Waals surface area contributed by atoms with E-state index in [1.165, 1.54) is 32.1 Å². The summed E-state index contributed by atoms with van der Waals surface area (Å²) in [6.07, 6.45) is 6.06. The van der Waals surface area contributed by atoms with E-state index in [0.29, 0.717) is 6.04 Å². The van der Waals surface area contributed by atoms with Gasteiger partial charge in [-0.2, -0.15) is 0 Å². The Morgan fingerprint density at radius 1 is 1.38 bits per heavy atom. The first-order chi connectivity index (χ1) is 7.73. The minimum Gasteiger partial charge on any atom is -0.320 e. The summed E-state index contributed by atoms with van der Waals surface area (Å²) in [6, 6.07) is 0.692. The van der Waals surface area contributed by atoms with E-state index in [1.54, 1.807) is 0 Å². The highest BCUT2D eigenvalue weighted by Crippen LogP contribution is 2.42. The number of piperidine rings is 1. The second kappa shape index (κ2) is 3.62. The van der Waals surface area contributed by atoms with Gasteiger partial charge >= 0.3 is 6.03 Å². The molecule has 4 nitrogen and oxygen atoms in total. The third-order valence-corrected chi connectivity index (χ3v) is 4.70. The number of rotatable bonds is 1. The summed E-state index contributed by atoms with van der Waals surface area (Å²) < 4.78 is 0. The normalized spacial score (nSPS) is 33.3. The maximum Gasteiger partial charge on any atom is 0.320 e. The molecule has 90 valence electrons. The molecule has 0 aromatic carbocycles. The van der Waals surface area contributed by atoms with Crippen molar-refractivity contribution in [1.29, 1.82) is 0 Å². The van der Waals surface area contributed by atoms with Crippen molar-refractivity contribution >= 4 is 6.03 Å². The summed E-state index contributed by atoms with van der Waals surface area (Å²) in [7, 11) is 1.98. The lowest BCUT2D eigenvalue weighted by atomic mass is 9.76. The highest BCUT2D eigenvalue weighted by atomic mass is 16.2. The quantitative estimate of drug-likeness (QED) is 0.720. The first kappa shape index (κ1) is 10.4. The molecule has 2 amide bonds. The number of amides is 2. The monoisotopic (exact) mass is 223 g/mol. The van der Waals surface area contributed by atoms with Crippen molar-refractivity contribution in [3.05, 3.63) is 0 Å². The average Bonchev–Trinajstić information content (AvgIpc) is 2.54. The smallest absolute Gasteiger partial charge is 0.320 e. The zero-order valence-corrected chi connectivity index (χ0v) is 10.0. The standard InChI is InChI=1S/C12H21N3O/c1-14-11(16)15(9-12(14)5-3-6-12)10-4-2-7-13-8-10/h10,13H,2-9H2,1H3. The Morgan fingerprint density at radius 2 is 2.19 bits per heavy atom. The number of carbonyl (C=O) groups is 1. The summed E-state index contributed by atoms with van der Waals surface area (Å²) in [5.74, 6) is 0. The molecule has 0 aromatic heterocycles. The van der Waals surface area contributed by atoms with Gasteiger partial charge in [-0.05, 0) is 38.6 Å². The Labute approximate surface area is 97.0 Å². The van der Waals surface area contributed by atoms with Crippen LogP contribution in [0.5, 0.6) is 0 Å². The Bertz CT molecular complexity index is 295. The van der Waals surface area contributed by atoms with Gasteiger partial charge in [-0.1, -0.05) is 0 Å². The molecule has 3 rings (SSSR count). The van der Waals surface area contributed by atoms with Gasteiger partial charge in [0.2, 0.25) is 0 Å². The first-order valence-corrected chi connectivity index (χ1v) is 6.48. The highest BCUT2D eigenvalue weighted by Gasteiger charge is 2.52. The molecule has 3 aliphatic rings. The van der Waals surface area contributed by atoms with Gasteiger partial charge in [0.15, 0.2) is 0 Å². The molecule has 2 heterocycles. The van der Waals surface area contributed by atoms with Gasteiger partial charge in [-0.15, -0.1) is 0 Å². The van der Waals surface area contributed by atoms with Gasteiger partial charge in [-0.25, -0.2) is 4.79 Å².